The number of amides is 1. The van der Waals surface area contributed by atoms with Crippen LogP contribution in [0.15, 0.2) is 0 Å². The van der Waals surface area contributed by atoms with Crippen LogP contribution < -0.4 is 0 Å². The van der Waals surface area contributed by atoms with Gasteiger partial charge in [0.1, 0.15) is 0 Å². The Kier molecular flexibility index (Phi) is 9.98. The summed E-state index contributed by atoms with van der Waals surface area (Å²) in [5.74, 6) is 1.30. The van der Waals surface area contributed by atoms with Gasteiger partial charge in [0.2, 0.25) is 5.91 Å². The quantitative estimate of drug-likeness (QED) is 0.325. The van der Waals surface area contributed by atoms with E-state index in [9.17, 15) is 4.79 Å². The van der Waals surface area contributed by atoms with E-state index >= 15 is 0 Å². The van der Waals surface area contributed by atoms with Gasteiger partial charge in [-0.15, -0.1) is 0 Å². The molecule has 3 nitrogen and oxygen atoms in total. The maximum absolute atomic E-state index is 12.6. The second kappa shape index (κ2) is 11.7. The Morgan fingerprint density at radius 1 is 0.966 bits per heavy atom. The summed E-state index contributed by atoms with van der Waals surface area (Å²) in [6.45, 7) is 17.3. The second-order valence-electron chi connectivity index (χ2n) is 11.1. The molecule has 2 saturated heterocycles. The summed E-state index contributed by atoms with van der Waals surface area (Å²) >= 11 is 0. The molecule has 1 atom stereocenters. The van der Waals surface area contributed by atoms with Crippen LogP contribution in [0, 0.1) is 16.7 Å². The lowest BCUT2D eigenvalue weighted by Crippen LogP contribution is -2.62. The molecule has 170 valence electrons. The Morgan fingerprint density at radius 3 is 2.17 bits per heavy atom. The van der Waals surface area contributed by atoms with Crippen molar-refractivity contribution in [2.24, 2.45) is 16.7 Å². The Morgan fingerprint density at radius 2 is 1.59 bits per heavy atom. The number of rotatable bonds is 13. The van der Waals surface area contributed by atoms with Crippen LogP contribution in [-0.2, 0) is 4.79 Å². The minimum atomic E-state index is 0.301. The summed E-state index contributed by atoms with van der Waals surface area (Å²) in [6, 6.07) is 0. The molecule has 0 aliphatic carbocycles. The van der Waals surface area contributed by atoms with E-state index in [2.05, 4.69) is 44.4 Å². The van der Waals surface area contributed by atoms with Crippen LogP contribution in [0.5, 0.6) is 0 Å². The number of hydrogen-bond acceptors (Lipinski definition) is 2. The lowest BCUT2D eigenvalue weighted by Gasteiger charge is -2.54. The number of piperidine rings is 1. The molecule has 1 spiro atoms. The molecule has 2 heterocycles. The molecule has 1 unspecified atom stereocenters. The molecule has 2 fully saturated rings. The van der Waals surface area contributed by atoms with Gasteiger partial charge in [0.15, 0.2) is 0 Å². The molecule has 2 rings (SSSR count). The minimum absolute atomic E-state index is 0.301. The largest absolute Gasteiger partial charge is 0.341 e. The molecule has 29 heavy (non-hydrogen) atoms. The topological polar surface area (TPSA) is 23.6 Å². The predicted octanol–water partition coefficient (Wildman–Crippen LogP) is 6.51. The zero-order valence-electron chi connectivity index (χ0n) is 20.4. The van der Waals surface area contributed by atoms with Crippen LogP contribution in [-0.4, -0.2) is 48.4 Å². The highest BCUT2D eigenvalue weighted by molar-refractivity contribution is 5.77. The van der Waals surface area contributed by atoms with E-state index in [0.29, 0.717) is 16.7 Å². The SMILES string of the molecule is CCCCCC(CCCC)CN1CCC2(CC1)CN(C(=O)CCC(C)(C)CC)C2. The summed E-state index contributed by atoms with van der Waals surface area (Å²) in [5, 5.41) is 0. The molecular formula is C26H50N2O. The van der Waals surface area contributed by atoms with Crippen molar-refractivity contribution >= 4 is 5.91 Å². The van der Waals surface area contributed by atoms with Gasteiger partial charge in [-0.25, -0.2) is 0 Å². The lowest BCUT2D eigenvalue weighted by atomic mass is 9.71. The Hall–Kier alpha value is -0.570. The van der Waals surface area contributed by atoms with Crippen molar-refractivity contribution in [2.45, 2.75) is 112 Å². The Labute approximate surface area is 182 Å². The van der Waals surface area contributed by atoms with E-state index in [-0.39, 0.29) is 0 Å². The van der Waals surface area contributed by atoms with Gasteiger partial charge in [-0.3, -0.25) is 4.79 Å². The van der Waals surface area contributed by atoms with Gasteiger partial charge in [-0.1, -0.05) is 73.1 Å². The highest BCUT2D eigenvalue weighted by Gasteiger charge is 2.46. The monoisotopic (exact) mass is 406 g/mol. The smallest absolute Gasteiger partial charge is 0.222 e. The van der Waals surface area contributed by atoms with Crippen LogP contribution in [0.2, 0.25) is 0 Å². The van der Waals surface area contributed by atoms with Gasteiger partial charge in [-0.05, 0) is 56.5 Å². The van der Waals surface area contributed by atoms with Crippen molar-refractivity contribution in [1.82, 2.24) is 9.80 Å². The maximum atomic E-state index is 12.6. The third-order valence-electron chi connectivity index (χ3n) is 7.99. The van der Waals surface area contributed by atoms with Crippen LogP contribution >= 0.6 is 0 Å². The first kappa shape index (κ1) is 24.7. The maximum Gasteiger partial charge on any atom is 0.222 e. The van der Waals surface area contributed by atoms with E-state index in [0.717, 1.165) is 38.3 Å². The summed E-state index contributed by atoms with van der Waals surface area (Å²) in [6.07, 6.45) is 15.2. The van der Waals surface area contributed by atoms with E-state index < -0.39 is 0 Å². The Balaban J connectivity index is 1.70. The average molecular weight is 407 g/mol. The van der Waals surface area contributed by atoms with Crippen LogP contribution in [0.25, 0.3) is 0 Å². The summed E-state index contributed by atoms with van der Waals surface area (Å²) in [4.78, 5) is 17.5. The standard InChI is InChI=1S/C26H50N2O/c1-6-9-11-13-23(12-10-7-2)20-27-18-16-26(17-19-27)21-28(22-26)24(29)14-15-25(4,5)8-3/h23H,6-22H2,1-5H3. The number of hydrogen-bond donors (Lipinski definition) is 0. The number of unbranched alkanes of at least 4 members (excludes halogenated alkanes) is 3. The molecule has 0 saturated carbocycles. The van der Waals surface area contributed by atoms with Crippen molar-refractivity contribution in [2.75, 3.05) is 32.7 Å². The molecule has 2 aliphatic heterocycles. The van der Waals surface area contributed by atoms with Gasteiger partial charge < -0.3 is 9.80 Å². The molecule has 0 aromatic heterocycles. The first-order valence-corrected chi connectivity index (χ1v) is 12.8. The van der Waals surface area contributed by atoms with E-state index in [4.69, 9.17) is 0 Å². The third-order valence-corrected chi connectivity index (χ3v) is 7.99. The van der Waals surface area contributed by atoms with Crippen LogP contribution in [0.4, 0.5) is 0 Å². The first-order chi connectivity index (χ1) is 13.8. The molecular weight excluding hydrogens is 356 g/mol. The predicted molar refractivity (Wildman–Crippen MR) is 125 cm³/mol. The van der Waals surface area contributed by atoms with Gasteiger partial charge in [0.25, 0.3) is 0 Å². The summed E-state index contributed by atoms with van der Waals surface area (Å²) in [7, 11) is 0. The fourth-order valence-electron chi connectivity index (χ4n) is 5.11. The van der Waals surface area contributed by atoms with Gasteiger partial charge in [0, 0.05) is 31.5 Å². The summed E-state index contributed by atoms with van der Waals surface area (Å²) in [5.41, 5.74) is 0.753. The van der Waals surface area contributed by atoms with E-state index in [1.165, 1.54) is 77.4 Å². The molecule has 0 radical (unpaired) electrons. The highest BCUT2D eigenvalue weighted by atomic mass is 16.2. The van der Waals surface area contributed by atoms with E-state index in [1.807, 2.05) is 0 Å². The fraction of sp³-hybridized carbons (Fsp3) is 0.962. The Bertz CT molecular complexity index is 471. The second-order valence-corrected chi connectivity index (χ2v) is 11.1. The van der Waals surface area contributed by atoms with Crippen molar-refractivity contribution in [3.8, 4) is 0 Å². The molecule has 0 aromatic rings. The zero-order chi connectivity index (χ0) is 21.3. The van der Waals surface area contributed by atoms with Crippen molar-refractivity contribution in [3.05, 3.63) is 0 Å². The lowest BCUT2D eigenvalue weighted by molar-refractivity contribution is -0.147. The van der Waals surface area contributed by atoms with Gasteiger partial charge >= 0.3 is 0 Å². The normalized spacial score (nSPS) is 20.7. The first-order valence-electron chi connectivity index (χ1n) is 12.8. The zero-order valence-corrected chi connectivity index (χ0v) is 20.4. The number of carbonyl (C=O) groups is 1. The van der Waals surface area contributed by atoms with Crippen LogP contribution in [0.3, 0.4) is 0 Å². The molecule has 3 heteroatoms. The van der Waals surface area contributed by atoms with E-state index in [1.54, 1.807) is 0 Å². The highest BCUT2D eigenvalue weighted by Crippen LogP contribution is 2.41. The average Bonchev–Trinajstić information content (AvgIpc) is 2.69. The minimum Gasteiger partial charge on any atom is -0.341 e. The fourth-order valence-corrected chi connectivity index (χ4v) is 5.11. The molecule has 2 aliphatic rings. The molecule has 0 bridgehead atoms. The van der Waals surface area contributed by atoms with Gasteiger partial charge in [0.05, 0.1) is 0 Å². The number of likely N-dealkylation sites (tertiary alicyclic amines) is 2. The van der Waals surface area contributed by atoms with Gasteiger partial charge in [-0.2, -0.15) is 0 Å². The van der Waals surface area contributed by atoms with Crippen LogP contribution in [0.1, 0.15) is 112 Å². The molecule has 1 amide bonds. The summed E-state index contributed by atoms with van der Waals surface area (Å²) < 4.78 is 0. The molecule has 0 N–H and O–H groups in total. The van der Waals surface area contributed by atoms with Crippen molar-refractivity contribution in [1.29, 1.82) is 0 Å². The third kappa shape index (κ3) is 7.89. The number of carbonyl (C=O) groups excluding carboxylic acids is 1. The van der Waals surface area contributed by atoms with Crippen molar-refractivity contribution < 1.29 is 4.79 Å². The molecule has 0 aromatic carbocycles. The number of nitrogens with zero attached hydrogens (tertiary/aromatic N) is 2. The van der Waals surface area contributed by atoms with Crippen molar-refractivity contribution in [3.63, 3.8) is 0 Å².